The molecule has 1 aliphatic rings. The van der Waals surface area contributed by atoms with E-state index in [0.717, 1.165) is 19.0 Å². The minimum absolute atomic E-state index is 0.463. The van der Waals surface area contributed by atoms with Gasteiger partial charge in [0.1, 0.15) is 12.7 Å². The van der Waals surface area contributed by atoms with Crippen molar-refractivity contribution in [2.24, 2.45) is 11.3 Å². The Morgan fingerprint density at radius 3 is 2.44 bits per heavy atom. The quantitative estimate of drug-likeness (QED) is 0.826. The lowest BCUT2D eigenvalue weighted by Gasteiger charge is -2.29. The molecule has 0 spiro atoms. The van der Waals surface area contributed by atoms with Gasteiger partial charge in [0.2, 0.25) is 0 Å². The van der Waals surface area contributed by atoms with Crippen molar-refractivity contribution in [2.45, 2.75) is 46.6 Å². The minimum atomic E-state index is 0.463. The molecule has 2 heterocycles. The van der Waals surface area contributed by atoms with Crippen LogP contribution < -0.4 is 0 Å². The normalized spacial score (nSPS) is 22.9. The van der Waals surface area contributed by atoms with Gasteiger partial charge >= 0.3 is 0 Å². The average Bonchev–Trinajstić information content (AvgIpc) is 2.69. The second-order valence-electron chi connectivity index (χ2n) is 6.54. The van der Waals surface area contributed by atoms with Gasteiger partial charge in [0.15, 0.2) is 0 Å². The number of nitrogens with zero attached hydrogens (tertiary/aromatic N) is 4. The Balaban J connectivity index is 1.78. The fraction of sp³-hybridized carbons (Fsp3) is 0.857. The first-order valence-electron chi connectivity index (χ1n) is 7.10. The number of hydrogen-bond donors (Lipinski definition) is 0. The summed E-state index contributed by atoms with van der Waals surface area (Å²) in [4.78, 5) is 2.59. The van der Waals surface area contributed by atoms with E-state index in [-0.39, 0.29) is 0 Å². The third kappa shape index (κ3) is 3.80. The molecule has 4 nitrogen and oxygen atoms in total. The van der Waals surface area contributed by atoms with E-state index < -0.39 is 0 Å². The number of aromatic nitrogens is 3. The van der Waals surface area contributed by atoms with E-state index in [1.807, 2.05) is 0 Å². The van der Waals surface area contributed by atoms with E-state index in [4.69, 9.17) is 0 Å². The summed E-state index contributed by atoms with van der Waals surface area (Å²) in [5.74, 6) is 0.873. The van der Waals surface area contributed by atoms with Crippen LogP contribution >= 0.6 is 0 Å². The van der Waals surface area contributed by atoms with E-state index >= 15 is 0 Å². The second-order valence-corrected chi connectivity index (χ2v) is 6.54. The van der Waals surface area contributed by atoms with E-state index in [0.29, 0.717) is 5.41 Å². The molecule has 1 aliphatic heterocycles. The van der Waals surface area contributed by atoms with Gasteiger partial charge < -0.3 is 9.47 Å². The first kappa shape index (κ1) is 13.5. The van der Waals surface area contributed by atoms with Gasteiger partial charge in [-0.15, -0.1) is 10.2 Å². The maximum Gasteiger partial charge on any atom is 0.119 e. The van der Waals surface area contributed by atoms with Crippen molar-refractivity contribution < 1.29 is 0 Å². The molecular formula is C14H26N4. The molecule has 1 aromatic rings. The van der Waals surface area contributed by atoms with Gasteiger partial charge in [-0.2, -0.15) is 0 Å². The summed E-state index contributed by atoms with van der Waals surface area (Å²) >= 11 is 0. The molecule has 0 bridgehead atoms. The Kier molecular flexibility index (Phi) is 4.38. The molecule has 1 atom stereocenters. The molecule has 4 heteroatoms. The molecule has 0 N–H and O–H groups in total. The van der Waals surface area contributed by atoms with Crippen LogP contribution in [0.1, 0.15) is 40.0 Å². The third-order valence-corrected chi connectivity index (χ3v) is 4.19. The van der Waals surface area contributed by atoms with Crippen LogP contribution in [0.2, 0.25) is 0 Å². The van der Waals surface area contributed by atoms with Crippen molar-refractivity contribution >= 4 is 0 Å². The summed E-state index contributed by atoms with van der Waals surface area (Å²) in [5.41, 5.74) is 0.463. The Bertz CT molecular complexity index is 339. The van der Waals surface area contributed by atoms with Crippen LogP contribution in [0.5, 0.6) is 0 Å². The topological polar surface area (TPSA) is 34.0 Å². The van der Waals surface area contributed by atoms with E-state index in [1.54, 1.807) is 12.7 Å². The third-order valence-electron chi connectivity index (χ3n) is 4.19. The molecule has 1 fully saturated rings. The van der Waals surface area contributed by atoms with E-state index in [9.17, 15) is 0 Å². The zero-order valence-electron chi connectivity index (χ0n) is 12.0. The number of rotatable bonds is 3. The van der Waals surface area contributed by atoms with Gasteiger partial charge in [0, 0.05) is 13.1 Å². The van der Waals surface area contributed by atoms with Crippen molar-refractivity contribution in [1.29, 1.82) is 0 Å². The van der Waals surface area contributed by atoms with Crippen LogP contribution in [0, 0.1) is 11.3 Å². The van der Waals surface area contributed by atoms with Crippen LogP contribution in [0.15, 0.2) is 12.7 Å². The molecule has 1 saturated heterocycles. The number of likely N-dealkylation sites (tertiary alicyclic amines) is 1. The lowest BCUT2D eigenvalue weighted by atomic mass is 9.77. The lowest BCUT2D eigenvalue weighted by molar-refractivity contribution is 0.206. The highest BCUT2D eigenvalue weighted by molar-refractivity contribution is 4.79. The van der Waals surface area contributed by atoms with Gasteiger partial charge in [-0.3, -0.25) is 0 Å². The Hall–Kier alpha value is -0.900. The maximum atomic E-state index is 3.84. The van der Waals surface area contributed by atoms with Crippen LogP contribution in [0.3, 0.4) is 0 Å². The predicted molar refractivity (Wildman–Crippen MR) is 73.3 cm³/mol. The van der Waals surface area contributed by atoms with Crippen molar-refractivity contribution in [2.75, 3.05) is 19.6 Å². The van der Waals surface area contributed by atoms with Crippen LogP contribution in [-0.4, -0.2) is 39.3 Å². The van der Waals surface area contributed by atoms with Gasteiger partial charge in [-0.25, -0.2) is 0 Å². The van der Waals surface area contributed by atoms with Crippen molar-refractivity contribution in [3.8, 4) is 0 Å². The van der Waals surface area contributed by atoms with Gasteiger partial charge in [0.25, 0.3) is 0 Å². The fourth-order valence-electron chi connectivity index (χ4n) is 2.84. The van der Waals surface area contributed by atoms with Crippen molar-refractivity contribution in [3.63, 3.8) is 0 Å². The smallest absolute Gasteiger partial charge is 0.119 e. The average molecular weight is 250 g/mol. The highest BCUT2D eigenvalue weighted by Gasteiger charge is 2.26. The van der Waals surface area contributed by atoms with Crippen LogP contribution in [-0.2, 0) is 6.54 Å². The second kappa shape index (κ2) is 5.83. The number of hydrogen-bond acceptors (Lipinski definition) is 3. The first-order chi connectivity index (χ1) is 8.55. The van der Waals surface area contributed by atoms with Crippen molar-refractivity contribution in [3.05, 3.63) is 12.7 Å². The fourth-order valence-corrected chi connectivity index (χ4v) is 2.84. The monoisotopic (exact) mass is 250 g/mol. The first-order valence-corrected chi connectivity index (χ1v) is 7.10. The summed E-state index contributed by atoms with van der Waals surface area (Å²) in [7, 11) is 0. The van der Waals surface area contributed by atoms with Gasteiger partial charge in [0.05, 0.1) is 0 Å². The largest absolute Gasteiger partial charge is 0.319 e. The summed E-state index contributed by atoms with van der Waals surface area (Å²) < 4.78 is 2.06. The highest BCUT2D eigenvalue weighted by Crippen LogP contribution is 2.34. The SMILES string of the molecule is CC(C)(C)C1CCCN(CCn2cnnc2)CC1. The van der Waals surface area contributed by atoms with Crippen LogP contribution in [0.25, 0.3) is 0 Å². The molecule has 0 radical (unpaired) electrons. The van der Waals surface area contributed by atoms with Gasteiger partial charge in [-0.1, -0.05) is 20.8 Å². The minimum Gasteiger partial charge on any atom is -0.319 e. The maximum absolute atomic E-state index is 3.84. The molecule has 1 aromatic heterocycles. The Morgan fingerprint density at radius 1 is 1.06 bits per heavy atom. The molecule has 0 amide bonds. The predicted octanol–water partition coefficient (Wildman–Crippen LogP) is 2.43. The van der Waals surface area contributed by atoms with E-state index in [2.05, 4.69) is 40.4 Å². The zero-order valence-corrected chi connectivity index (χ0v) is 12.0. The van der Waals surface area contributed by atoms with Crippen molar-refractivity contribution in [1.82, 2.24) is 19.7 Å². The summed E-state index contributed by atoms with van der Waals surface area (Å²) in [6, 6.07) is 0. The molecule has 0 saturated carbocycles. The molecule has 18 heavy (non-hydrogen) atoms. The Labute approximate surface area is 110 Å². The molecule has 2 rings (SSSR count). The summed E-state index contributed by atoms with van der Waals surface area (Å²) in [6.07, 6.45) is 7.66. The zero-order chi connectivity index (χ0) is 13.0. The highest BCUT2D eigenvalue weighted by atomic mass is 15.2. The Morgan fingerprint density at radius 2 is 1.78 bits per heavy atom. The standard InChI is InChI=1S/C14H26N4/c1-14(2,3)13-5-4-7-17(8-6-13)9-10-18-11-15-16-12-18/h11-13H,4-10H2,1-3H3. The molecule has 0 aromatic carbocycles. The molecule has 0 aliphatic carbocycles. The lowest BCUT2D eigenvalue weighted by Crippen LogP contribution is -2.29. The van der Waals surface area contributed by atoms with E-state index in [1.165, 1.54) is 32.4 Å². The molecular weight excluding hydrogens is 224 g/mol. The van der Waals surface area contributed by atoms with Crippen LogP contribution in [0.4, 0.5) is 0 Å². The summed E-state index contributed by atoms with van der Waals surface area (Å²) in [6.45, 7) is 11.8. The molecule has 102 valence electrons. The summed E-state index contributed by atoms with van der Waals surface area (Å²) in [5, 5.41) is 7.69. The molecule has 1 unspecified atom stereocenters. The van der Waals surface area contributed by atoms with Gasteiger partial charge in [-0.05, 0) is 43.7 Å².